The lowest BCUT2D eigenvalue weighted by molar-refractivity contribution is -0.141. The minimum Gasteiger partial charge on any atom is -0.508 e. The van der Waals surface area contributed by atoms with Crippen molar-refractivity contribution in [1.82, 2.24) is 10.2 Å². The lowest BCUT2D eigenvalue weighted by atomic mass is 9.98. The van der Waals surface area contributed by atoms with Gasteiger partial charge in [0.1, 0.15) is 23.4 Å². The number of nitrogens with zero attached hydrogens (tertiary/aromatic N) is 1. The third kappa shape index (κ3) is 9.12. The Kier molecular flexibility index (Phi) is 10.5. The van der Waals surface area contributed by atoms with Crippen LogP contribution in [0.1, 0.15) is 71.6 Å². The number of phenolic OH excluding ortho intramolecular Hbond substituents is 1. The molecule has 0 bridgehead atoms. The molecule has 2 aromatic rings. The van der Waals surface area contributed by atoms with Gasteiger partial charge in [-0.05, 0) is 75.8 Å². The lowest BCUT2D eigenvalue weighted by Gasteiger charge is -2.35. The molecule has 202 valence electrons. The van der Waals surface area contributed by atoms with E-state index in [1.54, 1.807) is 39.0 Å². The predicted molar refractivity (Wildman–Crippen MR) is 145 cm³/mol. The Labute approximate surface area is 220 Å². The van der Waals surface area contributed by atoms with Crippen molar-refractivity contribution in [3.63, 3.8) is 0 Å². The van der Waals surface area contributed by atoms with E-state index >= 15 is 0 Å². The molecule has 0 aromatic heterocycles. The predicted octanol–water partition coefficient (Wildman–Crippen LogP) is 5.56. The Morgan fingerprint density at radius 1 is 1.05 bits per heavy atom. The fourth-order valence-electron chi connectivity index (χ4n) is 4.03. The van der Waals surface area contributed by atoms with Crippen molar-refractivity contribution < 1.29 is 24.2 Å². The second-order valence-electron chi connectivity index (χ2n) is 10.7. The zero-order valence-electron chi connectivity index (χ0n) is 23.0. The number of rotatable bonds is 10. The summed E-state index contributed by atoms with van der Waals surface area (Å²) < 4.78 is 5.41. The van der Waals surface area contributed by atoms with E-state index in [9.17, 15) is 19.5 Å². The van der Waals surface area contributed by atoms with E-state index in [2.05, 4.69) is 10.6 Å². The molecule has 8 heteroatoms. The van der Waals surface area contributed by atoms with Crippen LogP contribution in [0.5, 0.6) is 5.75 Å². The number of benzene rings is 2. The highest BCUT2D eigenvalue weighted by Crippen LogP contribution is 2.28. The molecule has 2 aromatic carbocycles. The van der Waals surface area contributed by atoms with Crippen molar-refractivity contribution in [3.8, 4) is 5.75 Å². The molecular weight excluding hydrogens is 470 g/mol. The monoisotopic (exact) mass is 511 g/mol. The number of carbonyl (C=O) groups excluding carboxylic acids is 3. The first-order valence-corrected chi connectivity index (χ1v) is 12.8. The van der Waals surface area contributed by atoms with Crippen molar-refractivity contribution in [2.75, 3.05) is 11.9 Å². The van der Waals surface area contributed by atoms with Crippen molar-refractivity contribution >= 4 is 23.6 Å². The average Bonchev–Trinajstić information content (AvgIpc) is 2.78. The second-order valence-corrected chi connectivity index (χ2v) is 10.7. The molecule has 3 amide bonds. The second kappa shape index (κ2) is 13.1. The van der Waals surface area contributed by atoms with Gasteiger partial charge in [0.2, 0.25) is 5.91 Å². The Morgan fingerprint density at radius 3 is 2.30 bits per heavy atom. The molecule has 2 atom stereocenters. The average molecular weight is 512 g/mol. The summed E-state index contributed by atoms with van der Waals surface area (Å²) in [6.45, 7) is 13.2. The first kappa shape index (κ1) is 29.7. The zero-order valence-corrected chi connectivity index (χ0v) is 23.0. The lowest BCUT2D eigenvalue weighted by Crippen LogP contribution is -2.53. The fourth-order valence-corrected chi connectivity index (χ4v) is 4.03. The van der Waals surface area contributed by atoms with Gasteiger partial charge in [-0.25, -0.2) is 4.79 Å². The molecule has 0 fully saturated rings. The van der Waals surface area contributed by atoms with Crippen LogP contribution in [0.25, 0.3) is 0 Å². The van der Waals surface area contributed by atoms with Crippen molar-refractivity contribution in [2.24, 2.45) is 5.92 Å². The number of hydrogen-bond donors (Lipinski definition) is 3. The third-order valence-corrected chi connectivity index (χ3v) is 5.59. The third-order valence-electron chi connectivity index (χ3n) is 5.59. The number of amides is 3. The van der Waals surface area contributed by atoms with Crippen LogP contribution in [-0.4, -0.2) is 46.1 Å². The van der Waals surface area contributed by atoms with E-state index in [0.717, 1.165) is 5.56 Å². The summed E-state index contributed by atoms with van der Waals surface area (Å²) >= 11 is 0. The van der Waals surface area contributed by atoms with Gasteiger partial charge in [0.05, 0.1) is 0 Å². The van der Waals surface area contributed by atoms with Crippen LogP contribution in [0.4, 0.5) is 10.5 Å². The van der Waals surface area contributed by atoms with Gasteiger partial charge in [-0.1, -0.05) is 51.1 Å². The first-order valence-electron chi connectivity index (χ1n) is 12.8. The Morgan fingerprint density at radius 2 is 1.73 bits per heavy atom. The number of aryl methyl sites for hydroxylation is 1. The normalized spacial score (nSPS) is 13.0. The van der Waals surface area contributed by atoms with Crippen molar-refractivity contribution in [1.29, 1.82) is 0 Å². The molecule has 0 heterocycles. The Balaban J connectivity index is 2.50. The van der Waals surface area contributed by atoms with Crippen LogP contribution < -0.4 is 10.6 Å². The Hall–Kier alpha value is -3.55. The van der Waals surface area contributed by atoms with E-state index in [-0.39, 0.29) is 18.2 Å². The maximum absolute atomic E-state index is 14.0. The summed E-state index contributed by atoms with van der Waals surface area (Å²) in [4.78, 5) is 41.9. The van der Waals surface area contributed by atoms with Crippen molar-refractivity contribution in [2.45, 2.75) is 79.0 Å². The standard InChI is InChI=1S/C29H41N3O5/c1-8-16-32(27(35)24(17-19(2)3)31-28(36)37-29(5,6)7)25(21-13-11-14-22(33)18-21)26(34)30-23-15-10-9-12-20(23)4/h9-15,18-19,24-25,33H,8,16-17H2,1-7H3,(H,30,34)(H,31,36). The van der Waals surface area contributed by atoms with E-state index in [1.807, 2.05) is 45.9 Å². The number of nitrogens with one attached hydrogen (secondary N) is 2. The molecule has 3 N–H and O–H groups in total. The smallest absolute Gasteiger partial charge is 0.408 e. The summed E-state index contributed by atoms with van der Waals surface area (Å²) in [6, 6.07) is 11.8. The van der Waals surface area contributed by atoms with Gasteiger partial charge in [0.15, 0.2) is 0 Å². The summed E-state index contributed by atoms with van der Waals surface area (Å²) in [5.41, 5.74) is 1.25. The summed E-state index contributed by atoms with van der Waals surface area (Å²) in [6.07, 6.45) is 0.255. The maximum atomic E-state index is 14.0. The number of ether oxygens (including phenoxy) is 1. The van der Waals surface area contributed by atoms with E-state index in [4.69, 9.17) is 4.74 Å². The number of alkyl carbamates (subject to hydrolysis) is 1. The highest BCUT2D eigenvalue weighted by molar-refractivity contribution is 5.99. The minimum atomic E-state index is -1.03. The van der Waals surface area contributed by atoms with Gasteiger partial charge in [0.25, 0.3) is 5.91 Å². The zero-order chi connectivity index (χ0) is 27.8. The molecule has 0 aliphatic heterocycles. The van der Waals surface area contributed by atoms with Crippen LogP contribution in [0, 0.1) is 12.8 Å². The highest BCUT2D eigenvalue weighted by atomic mass is 16.6. The topological polar surface area (TPSA) is 108 Å². The van der Waals surface area contributed by atoms with Gasteiger partial charge >= 0.3 is 6.09 Å². The van der Waals surface area contributed by atoms with Gasteiger partial charge in [-0.2, -0.15) is 0 Å². The molecular formula is C29H41N3O5. The highest BCUT2D eigenvalue weighted by Gasteiger charge is 2.36. The number of hydrogen-bond acceptors (Lipinski definition) is 5. The van der Waals surface area contributed by atoms with Crippen LogP contribution in [0.3, 0.4) is 0 Å². The number of anilines is 1. The van der Waals surface area contributed by atoms with Gasteiger partial charge in [-0.15, -0.1) is 0 Å². The molecule has 37 heavy (non-hydrogen) atoms. The van der Waals surface area contributed by atoms with Crippen LogP contribution in [0.2, 0.25) is 0 Å². The molecule has 2 unspecified atom stereocenters. The molecule has 0 saturated carbocycles. The Bertz CT molecular complexity index is 1080. The first-order chi connectivity index (χ1) is 17.3. The van der Waals surface area contributed by atoms with Crippen LogP contribution in [-0.2, 0) is 14.3 Å². The van der Waals surface area contributed by atoms with Gasteiger partial charge in [-0.3, -0.25) is 9.59 Å². The summed E-state index contributed by atoms with van der Waals surface area (Å²) in [5.74, 6) is -0.731. The number of para-hydroxylation sites is 1. The number of phenols is 1. The van der Waals surface area contributed by atoms with E-state index < -0.39 is 35.6 Å². The summed E-state index contributed by atoms with van der Waals surface area (Å²) in [5, 5.41) is 15.8. The quantitative estimate of drug-likeness (QED) is 0.387. The summed E-state index contributed by atoms with van der Waals surface area (Å²) in [7, 11) is 0. The van der Waals surface area contributed by atoms with E-state index in [0.29, 0.717) is 24.1 Å². The molecule has 0 radical (unpaired) electrons. The number of carbonyl (C=O) groups is 3. The van der Waals surface area contributed by atoms with Crippen LogP contribution in [0.15, 0.2) is 48.5 Å². The number of aromatic hydroxyl groups is 1. The maximum Gasteiger partial charge on any atom is 0.408 e. The SMILES string of the molecule is CCCN(C(=O)C(CC(C)C)NC(=O)OC(C)(C)C)C(C(=O)Nc1ccccc1C)c1cccc(O)c1. The van der Waals surface area contributed by atoms with Crippen molar-refractivity contribution in [3.05, 3.63) is 59.7 Å². The van der Waals surface area contributed by atoms with Crippen LogP contribution >= 0.6 is 0 Å². The fraction of sp³-hybridized carbons (Fsp3) is 0.483. The van der Waals surface area contributed by atoms with Gasteiger partial charge < -0.3 is 25.4 Å². The molecule has 2 rings (SSSR count). The molecule has 0 aliphatic rings. The molecule has 0 saturated heterocycles. The molecule has 0 spiro atoms. The molecule has 8 nitrogen and oxygen atoms in total. The molecule has 0 aliphatic carbocycles. The largest absolute Gasteiger partial charge is 0.508 e. The minimum absolute atomic E-state index is 0.0132. The van der Waals surface area contributed by atoms with E-state index in [1.165, 1.54) is 17.0 Å². The van der Waals surface area contributed by atoms with Gasteiger partial charge in [0, 0.05) is 12.2 Å².